The van der Waals surface area contributed by atoms with E-state index in [0.29, 0.717) is 5.56 Å². The van der Waals surface area contributed by atoms with Gasteiger partial charge in [0.15, 0.2) is 0 Å². The van der Waals surface area contributed by atoms with Gasteiger partial charge in [0.2, 0.25) is 0 Å². The van der Waals surface area contributed by atoms with Crippen LogP contribution < -0.4 is 5.73 Å². The molecule has 2 aromatic heterocycles. The molecule has 0 aliphatic heterocycles. The SMILES string of the molecule is Cc1cncc(C(N)c2ccncc2F)c1. The highest BCUT2D eigenvalue weighted by molar-refractivity contribution is 5.30. The summed E-state index contributed by atoms with van der Waals surface area (Å²) < 4.78 is 13.5. The molecule has 16 heavy (non-hydrogen) atoms. The number of nitrogens with two attached hydrogens (primary N) is 1. The van der Waals surface area contributed by atoms with Gasteiger partial charge in [0.25, 0.3) is 0 Å². The molecule has 2 rings (SSSR count). The van der Waals surface area contributed by atoms with Gasteiger partial charge in [-0.2, -0.15) is 0 Å². The van der Waals surface area contributed by atoms with Crippen molar-refractivity contribution < 1.29 is 4.39 Å². The molecule has 82 valence electrons. The van der Waals surface area contributed by atoms with E-state index < -0.39 is 11.9 Å². The number of halogens is 1. The smallest absolute Gasteiger partial charge is 0.146 e. The van der Waals surface area contributed by atoms with E-state index in [0.717, 1.165) is 11.1 Å². The molecular formula is C12H12FN3. The Morgan fingerprint density at radius 1 is 1.25 bits per heavy atom. The molecule has 0 aliphatic rings. The fourth-order valence-electron chi connectivity index (χ4n) is 1.57. The minimum Gasteiger partial charge on any atom is -0.320 e. The third-order valence-corrected chi connectivity index (χ3v) is 2.39. The first-order valence-electron chi connectivity index (χ1n) is 4.95. The molecule has 2 aromatic rings. The zero-order chi connectivity index (χ0) is 11.5. The Labute approximate surface area is 93.2 Å². The molecule has 0 amide bonds. The van der Waals surface area contributed by atoms with Crippen molar-refractivity contribution in [2.45, 2.75) is 13.0 Å². The normalized spacial score (nSPS) is 12.4. The van der Waals surface area contributed by atoms with Crippen LogP contribution in [0.3, 0.4) is 0 Å². The average molecular weight is 217 g/mol. The molecule has 4 heteroatoms. The van der Waals surface area contributed by atoms with Crippen LogP contribution in [-0.2, 0) is 0 Å². The van der Waals surface area contributed by atoms with E-state index in [1.54, 1.807) is 18.5 Å². The second-order valence-corrected chi connectivity index (χ2v) is 3.67. The van der Waals surface area contributed by atoms with Crippen molar-refractivity contribution in [2.24, 2.45) is 5.73 Å². The maximum absolute atomic E-state index is 13.5. The number of hydrogen-bond acceptors (Lipinski definition) is 3. The minimum absolute atomic E-state index is 0.392. The first-order valence-corrected chi connectivity index (χ1v) is 4.95. The summed E-state index contributed by atoms with van der Waals surface area (Å²) in [7, 11) is 0. The molecule has 2 N–H and O–H groups in total. The largest absolute Gasteiger partial charge is 0.320 e. The van der Waals surface area contributed by atoms with Crippen LogP contribution in [0.25, 0.3) is 0 Å². The van der Waals surface area contributed by atoms with Crippen LogP contribution in [0.5, 0.6) is 0 Å². The third-order valence-electron chi connectivity index (χ3n) is 2.39. The van der Waals surface area contributed by atoms with Crippen molar-refractivity contribution in [3.63, 3.8) is 0 Å². The Morgan fingerprint density at radius 3 is 2.75 bits per heavy atom. The predicted octanol–water partition coefficient (Wildman–Crippen LogP) is 1.97. The fourth-order valence-corrected chi connectivity index (χ4v) is 1.57. The van der Waals surface area contributed by atoms with E-state index in [1.165, 1.54) is 12.4 Å². The lowest BCUT2D eigenvalue weighted by atomic mass is 10.0. The molecule has 3 nitrogen and oxygen atoms in total. The predicted molar refractivity (Wildman–Crippen MR) is 59.2 cm³/mol. The summed E-state index contributed by atoms with van der Waals surface area (Å²) in [5, 5.41) is 0. The quantitative estimate of drug-likeness (QED) is 0.836. The molecule has 0 fully saturated rings. The lowest BCUT2D eigenvalue weighted by Crippen LogP contribution is -2.14. The van der Waals surface area contributed by atoms with Gasteiger partial charge in [0, 0.05) is 24.2 Å². The van der Waals surface area contributed by atoms with E-state index in [1.807, 2.05) is 13.0 Å². The van der Waals surface area contributed by atoms with Crippen molar-refractivity contribution in [1.82, 2.24) is 9.97 Å². The Balaban J connectivity index is 2.39. The molecule has 0 saturated carbocycles. The lowest BCUT2D eigenvalue weighted by molar-refractivity contribution is 0.593. The number of hydrogen-bond donors (Lipinski definition) is 1. The summed E-state index contributed by atoms with van der Waals surface area (Å²) in [5.74, 6) is -0.392. The van der Waals surface area contributed by atoms with Crippen molar-refractivity contribution >= 4 is 0 Å². The first kappa shape index (κ1) is 10.7. The van der Waals surface area contributed by atoms with E-state index in [4.69, 9.17) is 5.73 Å². The molecular weight excluding hydrogens is 205 g/mol. The molecule has 0 aromatic carbocycles. The molecule has 0 bridgehead atoms. The molecule has 0 spiro atoms. The monoisotopic (exact) mass is 217 g/mol. The highest BCUT2D eigenvalue weighted by Crippen LogP contribution is 2.21. The number of rotatable bonds is 2. The van der Waals surface area contributed by atoms with Crippen molar-refractivity contribution in [3.05, 3.63) is 59.4 Å². The summed E-state index contributed by atoms with van der Waals surface area (Å²) >= 11 is 0. The van der Waals surface area contributed by atoms with E-state index in [-0.39, 0.29) is 0 Å². The van der Waals surface area contributed by atoms with Crippen LogP contribution in [0, 0.1) is 12.7 Å². The summed E-state index contributed by atoms with van der Waals surface area (Å²) in [4.78, 5) is 7.73. The highest BCUT2D eigenvalue weighted by atomic mass is 19.1. The van der Waals surface area contributed by atoms with Gasteiger partial charge in [-0.05, 0) is 24.1 Å². The van der Waals surface area contributed by atoms with Gasteiger partial charge in [0.05, 0.1) is 12.2 Å². The Bertz CT molecular complexity index is 499. The highest BCUT2D eigenvalue weighted by Gasteiger charge is 2.13. The summed E-state index contributed by atoms with van der Waals surface area (Å²) in [6, 6.07) is 2.98. The summed E-state index contributed by atoms with van der Waals surface area (Å²) in [5.41, 5.74) is 8.21. The van der Waals surface area contributed by atoms with Gasteiger partial charge in [-0.25, -0.2) is 4.39 Å². The zero-order valence-electron chi connectivity index (χ0n) is 8.89. The minimum atomic E-state index is -0.504. The second kappa shape index (κ2) is 4.37. The second-order valence-electron chi connectivity index (χ2n) is 3.67. The van der Waals surface area contributed by atoms with E-state index in [9.17, 15) is 4.39 Å². The van der Waals surface area contributed by atoms with Gasteiger partial charge < -0.3 is 5.73 Å². The Kier molecular flexibility index (Phi) is 2.92. The van der Waals surface area contributed by atoms with E-state index in [2.05, 4.69) is 9.97 Å². The topological polar surface area (TPSA) is 51.8 Å². The maximum Gasteiger partial charge on any atom is 0.146 e. The van der Waals surface area contributed by atoms with Crippen LogP contribution in [0.15, 0.2) is 36.9 Å². The summed E-state index contributed by atoms with van der Waals surface area (Å²) in [6.45, 7) is 1.92. The zero-order valence-corrected chi connectivity index (χ0v) is 8.89. The summed E-state index contributed by atoms with van der Waals surface area (Å²) in [6.07, 6.45) is 6.08. The van der Waals surface area contributed by atoms with Crippen LogP contribution in [-0.4, -0.2) is 9.97 Å². The van der Waals surface area contributed by atoms with Crippen molar-refractivity contribution in [2.75, 3.05) is 0 Å². The molecule has 2 heterocycles. The Hall–Kier alpha value is -1.81. The van der Waals surface area contributed by atoms with Crippen LogP contribution >= 0.6 is 0 Å². The number of pyridine rings is 2. The molecule has 1 unspecified atom stereocenters. The van der Waals surface area contributed by atoms with Crippen molar-refractivity contribution in [1.29, 1.82) is 0 Å². The van der Waals surface area contributed by atoms with Gasteiger partial charge in [0.1, 0.15) is 5.82 Å². The standard InChI is InChI=1S/C12H12FN3/c1-8-4-9(6-16-5-8)12(14)10-2-3-15-7-11(10)13/h2-7,12H,14H2,1H3. The van der Waals surface area contributed by atoms with Gasteiger partial charge in [-0.1, -0.05) is 6.07 Å². The van der Waals surface area contributed by atoms with Crippen LogP contribution in [0.4, 0.5) is 4.39 Å². The number of aryl methyl sites for hydroxylation is 1. The van der Waals surface area contributed by atoms with Gasteiger partial charge in [-0.3, -0.25) is 9.97 Å². The molecule has 0 saturated heterocycles. The third kappa shape index (κ3) is 2.06. The Morgan fingerprint density at radius 2 is 2.06 bits per heavy atom. The van der Waals surface area contributed by atoms with Crippen LogP contribution in [0.2, 0.25) is 0 Å². The van der Waals surface area contributed by atoms with Gasteiger partial charge >= 0.3 is 0 Å². The lowest BCUT2D eigenvalue weighted by Gasteiger charge is -2.12. The van der Waals surface area contributed by atoms with E-state index >= 15 is 0 Å². The molecule has 0 aliphatic carbocycles. The number of nitrogens with zero attached hydrogens (tertiary/aromatic N) is 2. The van der Waals surface area contributed by atoms with Crippen LogP contribution in [0.1, 0.15) is 22.7 Å². The molecule has 1 atom stereocenters. The first-order chi connectivity index (χ1) is 7.68. The maximum atomic E-state index is 13.5. The van der Waals surface area contributed by atoms with Crippen molar-refractivity contribution in [3.8, 4) is 0 Å². The number of aromatic nitrogens is 2. The molecule has 0 radical (unpaired) electrons. The average Bonchev–Trinajstić information content (AvgIpc) is 2.29. The van der Waals surface area contributed by atoms with Gasteiger partial charge in [-0.15, -0.1) is 0 Å². The fraction of sp³-hybridized carbons (Fsp3) is 0.167.